The Balaban J connectivity index is 1.27. The Morgan fingerprint density at radius 1 is 1.17 bits per heavy atom. The van der Waals surface area contributed by atoms with Crippen LogP contribution in [0.25, 0.3) is 22.3 Å². The van der Waals surface area contributed by atoms with Crippen LogP contribution in [0.2, 0.25) is 0 Å². The predicted octanol–water partition coefficient (Wildman–Crippen LogP) is -0.844. The summed E-state index contributed by atoms with van der Waals surface area (Å²) in [7, 11) is -1.38. The number of nitrogen functional groups attached to an aromatic ring is 2. The molecule has 47 heavy (non-hydrogen) atoms. The number of nitrogens with zero attached hydrogens (tertiary/aromatic N) is 7. The zero-order valence-corrected chi connectivity index (χ0v) is 27.8. The van der Waals surface area contributed by atoms with Gasteiger partial charge in [-0.05, 0) is 30.5 Å². The zero-order valence-electron chi connectivity index (χ0n) is 24.3. The molecule has 0 aromatic carbocycles. The molecular formula is C22H29FN10O10P2S2. The Bertz CT molecular complexity index is 1940. The Morgan fingerprint density at radius 2 is 1.87 bits per heavy atom. The molecule has 10 atom stereocenters. The summed E-state index contributed by atoms with van der Waals surface area (Å²) in [4.78, 5) is 56.3. The van der Waals surface area contributed by atoms with E-state index in [0.717, 1.165) is 6.33 Å². The average Bonchev–Trinajstić information content (AvgIpc) is 3.76. The van der Waals surface area contributed by atoms with E-state index in [0.29, 0.717) is 11.2 Å². The minimum atomic E-state index is -4.37. The standard InChI is InChI=1S/C22H29FN10O10P2S2/c1-22(14(42-44(36)46)13(38-2)20(41-22)32-6-28-10-15(24)26-5-27-16(10)32)4-39-45(37,47)43-12-9(23)8(3-34)40-19(12)33-7-29-11-17(33)30-21(25)31-18(11)35/h5-9,12-14,19-20,34,44H,3-4H2,1-2H3,(H,36,46)(H,37,47)(H2,24,26,27)(H3,25,30,31,35)/t8-,9+,12-,13-,14+,19-,20-,22?,45?/m1/s1. The number of rotatable bonds is 11. The molecule has 2 fully saturated rings. The van der Waals surface area contributed by atoms with Gasteiger partial charge in [-0.1, -0.05) is 0 Å². The SMILES string of the molecule is CO[C@H]1[C@H](n2cnc3c(N)ncnc32)OC(C)(COP(O)(=S)O[C@@H]2[C@@H](F)[C@@H](CO)O[C@H]2n2cnc3c(=O)[nH]c(N)nc32)[C@H]1O[PH](O)=S. The second kappa shape index (κ2) is 13.0. The Kier molecular flexibility index (Phi) is 9.48. The molecular weight excluding hydrogens is 709 g/mol. The van der Waals surface area contributed by atoms with Crippen LogP contribution >= 0.6 is 13.9 Å². The van der Waals surface area contributed by atoms with Crippen molar-refractivity contribution in [1.29, 1.82) is 0 Å². The van der Waals surface area contributed by atoms with E-state index < -0.39 is 81.3 Å². The number of anilines is 2. The summed E-state index contributed by atoms with van der Waals surface area (Å²) in [5, 5.41) is 9.75. The topological polar surface area (TPSA) is 275 Å². The van der Waals surface area contributed by atoms with Crippen LogP contribution in [-0.2, 0) is 51.4 Å². The Labute approximate surface area is 274 Å². The number of methoxy groups -OCH3 is 1. The maximum Gasteiger partial charge on any atom is 0.325 e. The van der Waals surface area contributed by atoms with Gasteiger partial charge >= 0.3 is 6.72 Å². The second-order valence-electron chi connectivity index (χ2n) is 10.7. The molecule has 8 N–H and O–H groups in total. The molecule has 0 radical (unpaired) electrons. The molecule has 0 bridgehead atoms. The van der Waals surface area contributed by atoms with Gasteiger partial charge in [0.25, 0.3) is 5.56 Å². The number of halogens is 1. The Hall–Kier alpha value is -2.63. The first kappa shape index (κ1) is 34.2. The molecule has 256 valence electrons. The molecule has 20 nitrogen and oxygen atoms in total. The fourth-order valence-electron chi connectivity index (χ4n) is 5.54. The average molecular weight is 739 g/mol. The number of aliphatic hydroxyl groups is 1. The molecule has 0 aliphatic carbocycles. The van der Waals surface area contributed by atoms with Crippen molar-refractivity contribution in [2.24, 2.45) is 0 Å². The highest BCUT2D eigenvalue weighted by Crippen LogP contribution is 2.53. The summed E-state index contributed by atoms with van der Waals surface area (Å²) in [5.41, 5.74) is 9.84. The number of hydrogen-bond acceptors (Lipinski definition) is 17. The molecule has 3 unspecified atom stereocenters. The quantitative estimate of drug-likeness (QED) is 0.102. The maximum atomic E-state index is 15.6. The first-order valence-electron chi connectivity index (χ1n) is 13.6. The molecule has 6 rings (SSSR count). The summed E-state index contributed by atoms with van der Waals surface area (Å²) in [6.45, 7) is -4.13. The number of nitrogens with one attached hydrogen (secondary N) is 1. The van der Waals surface area contributed by atoms with Crippen LogP contribution in [0, 0.1) is 0 Å². The predicted molar refractivity (Wildman–Crippen MR) is 168 cm³/mol. The lowest BCUT2D eigenvalue weighted by Crippen LogP contribution is -2.45. The van der Waals surface area contributed by atoms with Crippen molar-refractivity contribution >= 4 is 71.6 Å². The number of H-pyrrole nitrogens is 1. The highest BCUT2D eigenvalue weighted by molar-refractivity contribution is 8.07. The van der Waals surface area contributed by atoms with Crippen molar-refractivity contribution in [1.82, 2.24) is 39.0 Å². The number of hydrogen-bond donors (Lipinski definition) is 6. The summed E-state index contributed by atoms with van der Waals surface area (Å²) < 4.78 is 53.0. The summed E-state index contributed by atoms with van der Waals surface area (Å²) in [6, 6.07) is 0. The number of nitrogens with two attached hydrogens (primary N) is 2. The third kappa shape index (κ3) is 6.32. The number of alkyl halides is 1. The van der Waals surface area contributed by atoms with Gasteiger partial charge < -0.3 is 49.6 Å². The fourth-order valence-corrected chi connectivity index (χ4v) is 7.91. The molecule has 25 heteroatoms. The first-order chi connectivity index (χ1) is 22.3. The number of aromatic nitrogens is 8. The lowest BCUT2D eigenvalue weighted by Gasteiger charge is -2.32. The molecule has 2 aliphatic heterocycles. The van der Waals surface area contributed by atoms with Gasteiger partial charge in [0.2, 0.25) is 5.95 Å². The van der Waals surface area contributed by atoms with Gasteiger partial charge in [-0.3, -0.25) is 23.4 Å². The minimum absolute atomic E-state index is 0.0733. The monoisotopic (exact) mass is 738 g/mol. The van der Waals surface area contributed by atoms with Crippen molar-refractivity contribution in [3.63, 3.8) is 0 Å². The number of fused-ring (bicyclic) bond motifs is 2. The van der Waals surface area contributed by atoms with Gasteiger partial charge in [0.05, 0.1) is 25.9 Å². The third-order valence-corrected chi connectivity index (χ3v) is 9.95. The van der Waals surface area contributed by atoms with E-state index in [1.165, 1.54) is 35.8 Å². The van der Waals surface area contributed by atoms with E-state index >= 15 is 4.39 Å². The molecule has 0 amide bonds. The summed E-state index contributed by atoms with van der Waals surface area (Å²) in [5.74, 6) is -0.117. The van der Waals surface area contributed by atoms with Crippen molar-refractivity contribution in [3.05, 3.63) is 29.3 Å². The van der Waals surface area contributed by atoms with Crippen LogP contribution in [0.1, 0.15) is 19.4 Å². The minimum Gasteiger partial charge on any atom is -0.394 e. The summed E-state index contributed by atoms with van der Waals surface area (Å²) >= 11 is 10.2. The molecule has 2 saturated heterocycles. The van der Waals surface area contributed by atoms with E-state index in [1.54, 1.807) is 0 Å². The highest BCUT2D eigenvalue weighted by atomic mass is 32.5. The van der Waals surface area contributed by atoms with Crippen LogP contribution in [0.15, 0.2) is 23.8 Å². The van der Waals surface area contributed by atoms with Crippen molar-refractivity contribution in [3.8, 4) is 0 Å². The molecule has 4 aromatic rings. The van der Waals surface area contributed by atoms with Gasteiger partial charge in [-0.15, -0.1) is 0 Å². The van der Waals surface area contributed by atoms with Crippen LogP contribution in [0.4, 0.5) is 16.2 Å². The number of imidazole rings is 2. The largest absolute Gasteiger partial charge is 0.394 e. The van der Waals surface area contributed by atoms with Gasteiger partial charge in [0, 0.05) is 7.11 Å². The normalized spacial score (nSPS) is 31.5. The van der Waals surface area contributed by atoms with Gasteiger partial charge in [0.1, 0.15) is 41.9 Å². The van der Waals surface area contributed by atoms with Crippen LogP contribution in [0.5, 0.6) is 0 Å². The number of aromatic amines is 1. The number of ether oxygens (including phenoxy) is 3. The lowest BCUT2D eigenvalue weighted by atomic mass is 9.98. The number of aliphatic hydroxyl groups excluding tert-OH is 1. The van der Waals surface area contributed by atoms with Crippen molar-refractivity contribution in [2.45, 2.75) is 55.6 Å². The molecule has 6 heterocycles. The summed E-state index contributed by atoms with van der Waals surface area (Å²) in [6.07, 6.45) is -5.75. The third-order valence-electron chi connectivity index (χ3n) is 7.67. The van der Waals surface area contributed by atoms with E-state index in [1.807, 2.05) is 0 Å². The zero-order chi connectivity index (χ0) is 33.8. The van der Waals surface area contributed by atoms with E-state index in [4.69, 9.17) is 62.9 Å². The smallest absolute Gasteiger partial charge is 0.325 e. The lowest BCUT2D eigenvalue weighted by molar-refractivity contribution is -0.111. The van der Waals surface area contributed by atoms with Crippen molar-refractivity contribution in [2.75, 3.05) is 31.8 Å². The molecule has 4 aromatic heterocycles. The van der Waals surface area contributed by atoms with E-state index in [-0.39, 0.29) is 22.9 Å². The van der Waals surface area contributed by atoms with Gasteiger partial charge in [0.15, 0.2) is 48.4 Å². The maximum absolute atomic E-state index is 15.6. The van der Waals surface area contributed by atoms with Crippen LogP contribution in [0.3, 0.4) is 0 Å². The Morgan fingerprint density at radius 3 is 2.55 bits per heavy atom. The highest BCUT2D eigenvalue weighted by Gasteiger charge is 2.57. The molecule has 0 saturated carbocycles. The van der Waals surface area contributed by atoms with Gasteiger partial charge in [-0.25, -0.2) is 24.3 Å². The van der Waals surface area contributed by atoms with Gasteiger partial charge in [-0.2, -0.15) is 4.98 Å². The molecule has 2 aliphatic rings. The molecule has 0 spiro atoms. The van der Waals surface area contributed by atoms with Crippen molar-refractivity contribution < 1.29 is 47.1 Å². The second-order valence-corrected chi connectivity index (χ2v) is 15.3. The van der Waals surface area contributed by atoms with Crippen LogP contribution in [-0.4, -0.2) is 110 Å². The van der Waals surface area contributed by atoms with E-state index in [2.05, 4.69) is 29.9 Å². The van der Waals surface area contributed by atoms with E-state index in [9.17, 15) is 19.7 Å². The fraction of sp³-hybridized carbons (Fsp3) is 0.545. The van der Waals surface area contributed by atoms with Crippen LogP contribution < -0.4 is 17.0 Å². The first-order valence-corrected chi connectivity index (χ1v) is 18.7.